The molecule has 20 heavy (non-hydrogen) atoms. The van der Waals surface area contributed by atoms with Gasteiger partial charge in [-0.2, -0.15) is 0 Å². The first-order valence-electron chi connectivity index (χ1n) is 7.76. The lowest BCUT2D eigenvalue weighted by atomic mass is 9.70. The first kappa shape index (κ1) is 16.1. The molecule has 0 aromatic carbocycles. The van der Waals surface area contributed by atoms with Gasteiger partial charge < -0.3 is 15.0 Å². The van der Waals surface area contributed by atoms with E-state index >= 15 is 0 Å². The minimum atomic E-state index is -0.139. The number of carbonyl (C=O) groups is 1. The zero-order chi connectivity index (χ0) is 13.6. The molecule has 0 radical (unpaired) electrons. The van der Waals surface area contributed by atoms with Crippen molar-refractivity contribution in [2.75, 3.05) is 13.1 Å². The molecular weight excluding hydrogens is 276 g/mol. The quantitative estimate of drug-likeness (QED) is 0.848. The number of halogens is 1. The predicted molar refractivity (Wildman–Crippen MR) is 81.1 cm³/mol. The summed E-state index contributed by atoms with van der Waals surface area (Å²) in [7, 11) is 0. The molecule has 116 valence electrons. The van der Waals surface area contributed by atoms with Crippen molar-refractivity contribution in [3.05, 3.63) is 0 Å². The summed E-state index contributed by atoms with van der Waals surface area (Å²) in [5.41, 5.74) is -0.139. The maximum atomic E-state index is 13.1. The Morgan fingerprint density at radius 1 is 1.30 bits per heavy atom. The second-order valence-electron chi connectivity index (χ2n) is 6.67. The van der Waals surface area contributed by atoms with Gasteiger partial charge in [0.25, 0.3) is 0 Å². The van der Waals surface area contributed by atoms with Crippen molar-refractivity contribution in [3.63, 3.8) is 0 Å². The van der Waals surface area contributed by atoms with E-state index in [2.05, 4.69) is 31.0 Å². The minimum absolute atomic E-state index is 0. The number of ether oxygens (including phenoxy) is 1. The maximum absolute atomic E-state index is 13.1. The SMILES string of the molecule is CC[C@@]1(C(=O)N2C[C@@H](C)O[C@@H](C)C2)C[C@@H]2CC[C@H]1N2.Cl. The van der Waals surface area contributed by atoms with E-state index in [-0.39, 0.29) is 30.0 Å². The topological polar surface area (TPSA) is 41.6 Å². The average molecular weight is 303 g/mol. The molecule has 1 N–H and O–H groups in total. The first-order valence-corrected chi connectivity index (χ1v) is 7.76. The van der Waals surface area contributed by atoms with Crippen LogP contribution in [0.25, 0.3) is 0 Å². The number of fused-ring (bicyclic) bond motifs is 2. The van der Waals surface area contributed by atoms with Crippen LogP contribution in [0.3, 0.4) is 0 Å². The van der Waals surface area contributed by atoms with E-state index in [1.807, 2.05) is 0 Å². The lowest BCUT2D eigenvalue weighted by Gasteiger charge is -2.43. The molecule has 3 heterocycles. The van der Waals surface area contributed by atoms with Crippen LogP contribution in [0.15, 0.2) is 0 Å². The van der Waals surface area contributed by atoms with Gasteiger partial charge in [0.1, 0.15) is 0 Å². The molecule has 0 spiro atoms. The Kier molecular flexibility index (Phi) is 4.67. The Bertz CT molecular complexity index is 369. The average Bonchev–Trinajstić information content (AvgIpc) is 2.97. The monoisotopic (exact) mass is 302 g/mol. The number of morpholine rings is 1. The Morgan fingerprint density at radius 2 is 1.95 bits per heavy atom. The zero-order valence-electron chi connectivity index (χ0n) is 12.7. The molecule has 0 unspecified atom stereocenters. The van der Waals surface area contributed by atoms with E-state index in [0.29, 0.717) is 18.0 Å². The molecule has 0 aromatic heterocycles. The summed E-state index contributed by atoms with van der Waals surface area (Å²) in [5, 5.41) is 3.63. The van der Waals surface area contributed by atoms with Gasteiger partial charge >= 0.3 is 0 Å². The van der Waals surface area contributed by atoms with E-state index in [1.165, 1.54) is 12.8 Å². The minimum Gasteiger partial charge on any atom is -0.372 e. The molecule has 1 amide bonds. The van der Waals surface area contributed by atoms with Crippen LogP contribution in [0, 0.1) is 5.41 Å². The van der Waals surface area contributed by atoms with E-state index < -0.39 is 0 Å². The predicted octanol–water partition coefficient (Wildman–Crippen LogP) is 1.96. The highest BCUT2D eigenvalue weighted by Gasteiger charge is 2.55. The fourth-order valence-corrected chi connectivity index (χ4v) is 4.43. The van der Waals surface area contributed by atoms with Crippen LogP contribution in [0.5, 0.6) is 0 Å². The van der Waals surface area contributed by atoms with Gasteiger partial charge in [0.05, 0.1) is 17.6 Å². The van der Waals surface area contributed by atoms with Gasteiger partial charge in [-0.25, -0.2) is 0 Å². The molecule has 2 bridgehead atoms. The number of hydrogen-bond donors (Lipinski definition) is 1. The number of amides is 1. The van der Waals surface area contributed by atoms with Crippen molar-refractivity contribution in [3.8, 4) is 0 Å². The van der Waals surface area contributed by atoms with Crippen LogP contribution in [-0.4, -0.2) is 48.2 Å². The van der Waals surface area contributed by atoms with Crippen molar-refractivity contribution in [2.45, 2.75) is 70.7 Å². The van der Waals surface area contributed by atoms with E-state index in [0.717, 1.165) is 25.9 Å². The van der Waals surface area contributed by atoms with Gasteiger partial charge in [0.2, 0.25) is 5.91 Å². The van der Waals surface area contributed by atoms with Gasteiger partial charge in [-0.1, -0.05) is 6.92 Å². The molecule has 5 atom stereocenters. The highest BCUT2D eigenvalue weighted by Crippen LogP contribution is 2.47. The highest BCUT2D eigenvalue weighted by atomic mass is 35.5. The summed E-state index contributed by atoms with van der Waals surface area (Å²) in [6.45, 7) is 7.80. The summed E-state index contributed by atoms with van der Waals surface area (Å²) >= 11 is 0. The van der Waals surface area contributed by atoms with Crippen LogP contribution in [-0.2, 0) is 9.53 Å². The van der Waals surface area contributed by atoms with E-state index in [4.69, 9.17) is 4.74 Å². The van der Waals surface area contributed by atoms with Crippen molar-refractivity contribution in [1.29, 1.82) is 0 Å². The van der Waals surface area contributed by atoms with Gasteiger partial charge in [0, 0.05) is 25.2 Å². The third-order valence-corrected chi connectivity index (χ3v) is 5.28. The molecule has 3 saturated heterocycles. The fraction of sp³-hybridized carbons (Fsp3) is 0.933. The summed E-state index contributed by atoms with van der Waals surface area (Å²) < 4.78 is 5.75. The van der Waals surface area contributed by atoms with Crippen LogP contribution >= 0.6 is 12.4 Å². The molecule has 0 aliphatic carbocycles. The lowest BCUT2D eigenvalue weighted by molar-refractivity contribution is -0.155. The van der Waals surface area contributed by atoms with Crippen molar-refractivity contribution in [1.82, 2.24) is 10.2 Å². The standard InChI is InChI=1S/C15H26N2O2.ClH/c1-4-15(7-12-5-6-13(15)16-12)14(18)17-8-10(2)19-11(3)9-17;/h10-13,16H,4-9H2,1-3H3;1H/t10-,11+,12-,13+,15+;/m0./s1. The van der Waals surface area contributed by atoms with Crippen LogP contribution in [0.4, 0.5) is 0 Å². The molecule has 3 fully saturated rings. The number of carbonyl (C=O) groups excluding carboxylic acids is 1. The number of rotatable bonds is 2. The summed E-state index contributed by atoms with van der Waals surface area (Å²) in [6.07, 6.45) is 4.73. The van der Waals surface area contributed by atoms with Crippen molar-refractivity contribution >= 4 is 18.3 Å². The second kappa shape index (κ2) is 5.82. The maximum Gasteiger partial charge on any atom is 0.230 e. The third kappa shape index (κ3) is 2.46. The molecule has 3 rings (SSSR count). The van der Waals surface area contributed by atoms with Crippen LogP contribution < -0.4 is 5.32 Å². The molecular formula is C15H27ClN2O2. The number of hydrogen-bond acceptors (Lipinski definition) is 3. The number of nitrogens with one attached hydrogen (secondary N) is 1. The molecule has 4 nitrogen and oxygen atoms in total. The second-order valence-corrected chi connectivity index (χ2v) is 6.67. The van der Waals surface area contributed by atoms with Crippen LogP contribution in [0.2, 0.25) is 0 Å². The third-order valence-electron chi connectivity index (χ3n) is 5.28. The van der Waals surface area contributed by atoms with E-state index in [1.54, 1.807) is 0 Å². The highest BCUT2D eigenvalue weighted by molar-refractivity contribution is 5.85. The van der Waals surface area contributed by atoms with Crippen LogP contribution in [0.1, 0.15) is 46.5 Å². The smallest absolute Gasteiger partial charge is 0.230 e. The summed E-state index contributed by atoms with van der Waals surface area (Å²) in [4.78, 5) is 15.1. The molecule has 3 aliphatic rings. The zero-order valence-corrected chi connectivity index (χ0v) is 13.5. The van der Waals surface area contributed by atoms with Gasteiger partial charge in [-0.05, 0) is 39.5 Å². The molecule has 5 heteroatoms. The molecule has 0 aromatic rings. The fourth-order valence-electron chi connectivity index (χ4n) is 4.43. The first-order chi connectivity index (χ1) is 9.05. The Balaban J connectivity index is 0.00000147. The van der Waals surface area contributed by atoms with Gasteiger partial charge in [-0.15, -0.1) is 12.4 Å². The van der Waals surface area contributed by atoms with Gasteiger partial charge in [-0.3, -0.25) is 4.79 Å². The van der Waals surface area contributed by atoms with E-state index in [9.17, 15) is 4.79 Å². The Hall–Kier alpha value is -0.320. The lowest BCUT2D eigenvalue weighted by Crippen LogP contribution is -2.56. The molecule has 0 saturated carbocycles. The summed E-state index contributed by atoms with van der Waals surface area (Å²) in [5.74, 6) is 0.372. The largest absolute Gasteiger partial charge is 0.372 e. The van der Waals surface area contributed by atoms with Crippen molar-refractivity contribution < 1.29 is 9.53 Å². The summed E-state index contributed by atoms with van der Waals surface area (Å²) in [6, 6.07) is 0.980. The normalized spacial score (nSPS) is 43.5. The van der Waals surface area contributed by atoms with Gasteiger partial charge in [0.15, 0.2) is 0 Å². The number of nitrogens with zero attached hydrogens (tertiary/aromatic N) is 1. The Labute approximate surface area is 128 Å². The molecule has 3 aliphatic heterocycles. The van der Waals surface area contributed by atoms with Crippen molar-refractivity contribution in [2.24, 2.45) is 5.41 Å². The Morgan fingerprint density at radius 3 is 2.40 bits per heavy atom.